The van der Waals surface area contributed by atoms with E-state index in [2.05, 4.69) is 26.2 Å². The number of nitrogens with one attached hydrogen (secondary N) is 1. The van der Waals surface area contributed by atoms with Gasteiger partial charge in [0.1, 0.15) is 11.5 Å². The molecule has 0 aliphatic heterocycles. The summed E-state index contributed by atoms with van der Waals surface area (Å²) in [7, 11) is 1.91. The van der Waals surface area contributed by atoms with E-state index in [0.29, 0.717) is 0 Å². The van der Waals surface area contributed by atoms with Gasteiger partial charge in [0.25, 0.3) is 0 Å². The fourth-order valence-corrected chi connectivity index (χ4v) is 1.83. The van der Waals surface area contributed by atoms with E-state index in [1.807, 2.05) is 37.4 Å². The van der Waals surface area contributed by atoms with Crippen LogP contribution in [0.4, 0.5) is 0 Å². The number of aromatic nitrogens is 1. The van der Waals surface area contributed by atoms with Crippen LogP contribution in [0.3, 0.4) is 0 Å². The van der Waals surface area contributed by atoms with Gasteiger partial charge in [-0.2, -0.15) is 0 Å². The molecule has 0 unspecified atom stereocenters. The molecule has 1 N–H and O–H groups in total. The lowest BCUT2D eigenvalue weighted by atomic mass is 10.2. The molecule has 0 atom stereocenters. The van der Waals surface area contributed by atoms with Crippen LogP contribution in [0.5, 0.6) is 11.5 Å². The Hall–Kier alpha value is -1.39. The van der Waals surface area contributed by atoms with Gasteiger partial charge in [0.2, 0.25) is 0 Å². The Morgan fingerprint density at radius 2 is 2.24 bits per heavy atom. The number of halogens is 1. The number of rotatable bonds is 4. The zero-order chi connectivity index (χ0) is 12.1. The van der Waals surface area contributed by atoms with Gasteiger partial charge in [-0.25, -0.2) is 0 Å². The SMILES string of the molecule is CNCc1ccc(Br)cc1Oc1cccnc1. The zero-order valence-electron chi connectivity index (χ0n) is 9.48. The van der Waals surface area contributed by atoms with E-state index in [1.165, 1.54) is 0 Å². The molecule has 88 valence electrons. The first-order valence-electron chi connectivity index (χ1n) is 5.30. The van der Waals surface area contributed by atoms with Crippen LogP contribution < -0.4 is 10.1 Å². The molecule has 4 heteroatoms. The number of hydrogen-bond acceptors (Lipinski definition) is 3. The molecule has 0 fully saturated rings. The lowest BCUT2D eigenvalue weighted by Crippen LogP contribution is -2.06. The quantitative estimate of drug-likeness (QED) is 0.938. The third kappa shape index (κ3) is 3.28. The van der Waals surface area contributed by atoms with Gasteiger partial charge in [0.15, 0.2) is 0 Å². The van der Waals surface area contributed by atoms with Crippen LogP contribution in [0.2, 0.25) is 0 Å². The Bertz CT molecular complexity index is 488. The summed E-state index contributed by atoms with van der Waals surface area (Å²) in [5.41, 5.74) is 1.11. The highest BCUT2D eigenvalue weighted by molar-refractivity contribution is 9.10. The van der Waals surface area contributed by atoms with Crippen LogP contribution in [-0.2, 0) is 6.54 Å². The van der Waals surface area contributed by atoms with Gasteiger partial charge in [-0.05, 0) is 31.3 Å². The monoisotopic (exact) mass is 292 g/mol. The number of nitrogens with zero attached hydrogens (tertiary/aromatic N) is 1. The molecule has 17 heavy (non-hydrogen) atoms. The van der Waals surface area contributed by atoms with E-state index in [4.69, 9.17) is 4.74 Å². The van der Waals surface area contributed by atoms with Crippen LogP contribution in [-0.4, -0.2) is 12.0 Å². The molecule has 0 radical (unpaired) electrons. The second-order valence-electron chi connectivity index (χ2n) is 3.57. The van der Waals surface area contributed by atoms with E-state index >= 15 is 0 Å². The maximum atomic E-state index is 5.81. The summed E-state index contributed by atoms with van der Waals surface area (Å²) in [5.74, 6) is 1.57. The van der Waals surface area contributed by atoms with E-state index in [9.17, 15) is 0 Å². The van der Waals surface area contributed by atoms with Crippen molar-refractivity contribution in [2.24, 2.45) is 0 Å². The number of hydrogen-bond donors (Lipinski definition) is 1. The van der Waals surface area contributed by atoms with Crippen molar-refractivity contribution < 1.29 is 4.74 Å². The summed E-state index contributed by atoms with van der Waals surface area (Å²) in [5, 5.41) is 3.12. The van der Waals surface area contributed by atoms with Crippen molar-refractivity contribution in [3.05, 3.63) is 52.8 Å². The standard InChI is InChI=1S/C13H13BrN2O/c1-15-8-10-4-5-11(14)7-13(10)17-12-3-2-6-16-9-12/h2-7,9,15H,8H2,1H3. The van der Waals surface area contributed by atoms with Crippen LogP contribution in [0.15, 0.2) is 47.2 Å². The maximum absolute atomic E-state index is 5.81. The first-order valence-corrected chi connectivity index (χ1v) is 6.10. The van der Waals surface area contributed by atoms with E-state index < -0.39 is 0 Å². The Balaban J connectivity index is 2.27. The summed E-state index contributed by atoms with van der Waals surface area (Å²) in [6.45, 7) is 0.767. The molecule has 0 aliphatic rings. The minimum atomic E-state index is 0.739. The van der Waals surface area contributed by atoms with Crippen LogP contribution in [0.1, 0.15) is 5.56 Å². The minimum absolute atomic E-state index is 0.739. The van der Waals surface area contributed by atoms with Gasteiger partial charge in [0, 0.05) is 22.8 Å². The van der Waals surface area contributed by atoms with Gasteiger partial charge in [-0.15, -0.1) is 0 Å². The molecule has 0 saturated heterocycles. The molecular weight excluding hydrogens is 280 g/mol. The fraction of sp³-hybridized carbons (Fsp3) is 0.154. The van der Waals surface area contributed by atoms with Gasteiger partial charge >= 0.3 is 0 Å². The predicted molar refractivity (Wildman–Crippen MR) is 71.2 cm³/mol. The highest BCUT2D eigenvalue weighted by Crippen LogP contribution is 2.28. The molecular formula is C13H13BrN2O. The molecule has 1 heterocycles. The summed E-state index contributed by atoms with van der Waals surface area (Å²) in [4.78, 5) is 4.03. The van der Waals surface area contributed by atoms with Crippen molar-refractivity contribution in [3.8, 4) is 11.5 Å². The smallest absolute Gasteiger partial charge is 0.145 e. The summed E-state index contributed by atoms with van der Waals surface area (Å²) in [6, 6.07) is 9.73. The second-order valence-corrected chi connectivity index (χ2v) is 4.49. The summed E-state index contributed by atoms with van der Waals surface area (Å²) in [6.07, 6.45) is 3.42. The highest BCUT2D eigenvalue weighted by Gasteiger charge is 2.05. The third-order valence-electron chi connectivity index (χ3n) is 2.26. The first kappa shape index (κ1) is 12.1. The topological polar surface area (TPSA) is 34.1 Å². The van der Waals surface area contributed by atoms with Gasteiger partial charge in [0.05, 0.1) is 6.20 Å². The predicted octanol–water partition coefficient (Wildman–Crippen LogP) is 3.36. The number of ether oxygens (including phenoxy) is 1. The van der Waals surface area contributed by atoms with Crippen molar-refractivity contribution in [3.63, 3.8) is 0 Å². The van der Waals surface area contributed by atoms with Gasteiger partial charge in [-0.3, -0.25) is 4.98 Å². The first-order chi connectivity index (χ1) is 8.29. The number of benzene rings is 1. The van der Waals surface area contributed by atoms with Crippen LogP contribution >= 0.6 is 15.9 Å². The molecule has 2 aromatic rings. The Labute approximate surface area is 109 Å². The molecule has 0 saturated carbocycles. The lowest BCUT2D eigenvalue weighted by molar-refractivity contribution is 0.471. The highest BCUT2D eigenvalue weighted by atomic mass is 79.9. The molecule has 0 aliphatic carbocycles. The average Bonchev–Trinajstić information content (AvgIpc) is 2.34. The van der Waals surface area contributed by atoms with E-state index in [0.717, 1.165) is 28.1 Å². The average molecular weight is 293 g/mol. The molecule has 0 spiro atoms. The van der Waals surface area contributed by atoms with Gasteiger partial charge in [-0.1, -0.05) is 22.0 Å². The molecule has 1 aromatic heterocycles. The van der Waals surface area contributed by atoms with Crippen LogP contribution in [0, 0.1) is 0 Å². The normalized spacial score (nSPS) is 10.2. The third-order valence-corrected chi connectivity index (χ3v) is 2.75. The van der Waals surface area contributed by atoms with Crippen molar-refractivity contribution >= 4 is 15.9 Å². The summed E-state index contributed by atoms with van der Waals surface area (Å²) >= 11 is 3.44. The Morgan fingerprint density at radius 1 is 1.35 bits per heavy atom. The maximum Gasteiger partial charge on any atom is 0.145 e. The van der Waals surface area contributed by atoms with Crippen molar-refractivity contribution in [1.82, 2.24) is 10.3 Å². The van der Waals surface area contributed by atoms with E-state index in [1.54, 1.807) is 12.4 Å². The van der Waals surface area contributed by atoms with Crippen molar-refractivity contribution in [2.75, 3.05) is 7.05 Å². The number of pyridine rings is 1. The fourth-order valence-electron chi connectivity index (χ4n) is 1.49. The second kappa shape index (κ2) is 5.80. The van der Waals surface area contributed by atoms with Crippen molar-refractivity contribution in [1.29, 1.82) is 0 Å². The van der Waals surface area contributed by atoms with Crippen molar-refractivity contribution in [2.45, 2.75) is 6.54 Å². The van der Waals surface area contributed by atoms with E-state index in [-0.39, 0.29) is 0 Å². The lowest BCUT2D eigenvalue weighted by Gasteiger charge is -2.11. The molecule has 0 bridgehead atoms. The molecule has 1 aromatic carbocycles. The Kier molecular flexibility index (Phi) is 4.12. The van der Waals surface area contributed by atoms with Crippen LogP contribution in [0.25, 0.3) is 0 Å². The largest absolute Gasteiger partial charge is 0.455 e. The molecule has 3 nitrogen and oxygen atoms in total. The van der Waals surface area contributed by atoms with Gasteiger partial charge < -0.3 is 10.1 Å². The minimum Gasteiger partial charge on any atom is -0.455 e. The zero-order valence-corrected chi connectivity index (χ0v) is 11.1. The molecule has 2 rings (SSSR count). The summed E-state index contributed by atoms with van der Waals surface area (Å²) < 4.78 is 6.81. The Morgan fingerprint density at radius 3 is 2.94 bits per heavy atom. The molecule has 0 amide bonds.